The monoisotopic (exact) mass is 557 g/mol. The average molecular weight is 558 g/mol. The maximum absolute atomic E-state index is 13.9. The van der Waals surface area contributed by atoms with E-state index in [1.807, 2.05) is 0 Å². The molecule has 2 amide bonds. The Morgan fingerprint density at radius 2 is 1.58 bits per heavy atom. The fraction of sp³-hybridized carbons (Fsp3) is 0.286. The lowest BCUT2D eigenvalue weighted by atomic mass is 10.1. The van der Waals surface area contributed by atoms with Crippen LogP contribution >= 0.6 is 11.6 Å². The van der Waals surface area contributed by atoms with Gasteiger partial charge in [-0.05, 0) is 62.7 Å². The van der Waals surface area contributed by atoms with E-state index < -0.39 is 28.5 Å². The number of hydrogen-bond donors (Lipinski definition) is 1. The van der Waals surface area contributed by atoms with Crippen molar-refractivity contribution in [1.82, 2.24) is 10.2 Å². The van der Waals surface area contributed by atoms with Gasteiger partial charge in [-0.25, -0.2) is 8.42 Å². The molecule has 38 heavy (non-hydrogen) atoms. The molecule has 0 spiro atoms. The Morgan fingerprint density at radius 1 is 0.947 bits per heavy atom. The van der Waals surface area contributed by atoms with Crippen molar-refractivity contribution in [3.8, 4) is 5.75 Å². The third-order valence-electron chi connectivity index (χ3n) is 5.83. The third kappa shape index (κ3) is 7.05. The van der Waals surface area contributed by atoms with Gasteiger partial charge in [0.05, 0.1) is 17.2 Å². The fourth-order valence-corrected chi connectivity index (χ4v) is 5.44. The summed E-state index contributed by atoms with van der Waals surface area (Å²) in [7, 11) is -4.17. The van der Waals surface area contributed by atoms with Crippen LogP contribution in [0.4, 0.5) is 5.69 Å². The van der Waals surface area contributed by atoms with Crippen LogP contribution in [0.2, 0.25) is 5.02 Å². The van der Waals surface area contributed by atoms with Crippen LogP contribution in [-0.4, -0.2) is 50.9 Å². The molecule has 1 atom stereocenters. The summed E-state index contributed by atoms with van der Waals surface area (Å²) in [6.07, 6.45) is 0. The second kappa shape index (κ2) is 13.3. The van der Waals surface area contributed by atoms with E-state index in [9.17, 15) is 18.0 Å². The number of rotatable bonds is 12. The van der Waals surface area contributed by atoms with Crippen molar-refractivity contribution in [2.45, 2.75) is 38.3 Å². The number of carbonyl (C=O) groups is 2. The maximum atomic E-state index is 13.9. The molecule has 0 unspecified atom stereocenters. The highest BCUT2D eigenvalue weighted by molar-refractivity contribution is 7.92. The topological polar surface area (TPSA) is 96.0 Å². The summed E-state index contributed by atoms with van der Waals surface area (Å²) < 4.78 is 34.5. The lowest BCUT2D eigenvalue weighted by molar-refractivity contribution is -0.139. The zero-order valence-corrected chi connectivity index (χ0v) is 23.2. The largest absolute Gasteiger partial charge is 0.492 e. The fourth-order valence-electron chi connectivity index (χ4n) is 3.86. The Kier molecular flexibility index (Phi) is 10.2. The molecule has 0 saturated heterocycles. The Hall–Kier alpha value is -3.56. The van der Waals surface area contributed by atoms with Crippen molar-refractivity contribution in [2.24, 2.45) is 0 Å². The summed E-state index contributed by atoms with van der Waals surface area (Å²) in [6.45, 7) is 5.43. The summed E-state index contributed by atoms with van der Waals surface area (Å²) >= 11 is 6.02. The molecule has 0 aliphatic heterocycles. The number of nitrogens with one attached hydrogen (secondary N) is 1. The molecule has 1 N–H and O–H groups in total. The number of amides is 2. The van der Waals surface area contributed by atoms with E-state index in [2.05, 4.69) is 5.32 Å². The number of para-hydroxylation sites is 2. The van der Waals surface area contributed by atoms with Gasteiger partial charge < -0.3 is 15.0 Å². The highest BCUT2D eigenvalue weighted by Crippen LogP contribution is 2.32. The predicted molar refractivity (Wildman–Crippen MR) is 149 cm³/mol. The van der Waals surface area contributed by atoms with Crippen LogP contribution in [0.1, 0.15) is 26.3 Å². The van der Waals surface area contributed by atoms with Gasteiger partial charge in [0.15, 0.2) is 0 Å². The molecule has 3 aromatic rings. The van der Waals surface area contributed by atoms with Crippen molar-refractivity contribution in [2.75, 3.05) is 24.0 Å². The van der Waals surface area contributed by atoms with E-state index in [4.69, 9.17) is 16.3 Å². The minimum absolute atomic E-state index is 0.0279. The minimum Gasteiger partial charge on any atom is -0.492 e. The molecule has 10 heteroatoms. The van der Waals surface area contributed by atoms with E-state index in [0.717, 1.165) is 9.87 Å². The van der Waals surface area contributed by atoms with Crippen LogP contribution in [0, 0.1) is 0 Å². The minimum atomic E-state index is -4.17. The Morgan fingerprint density at radius 3 is 2.21 bits per heavy atom. The van der Waals surface area contributed by atoms with Crippen molar-refractivity contribution < 1.29 is 22.7 Å². The summed E-state index contributed by atoms with van der Waals surface area (Å²) in [5.74, 6) is -0.574. The number of ether oxygens (including phenoxy) is 1. The first-order valence-corrected chi connectivity index (χ1v) is 14.1. The molecule has 0 aliphatic rings. The van der Waals surface area contributed by atoms with Crippen LogP contribution < -0.4 is 14.4 Å². The Balaban J connectivity index is 2.06. The molecular formula is C28H32ClN3O5S. The first-order valence-electron chi connectivity index (χ1n) is 12.3. The van der Waals surface area contributed by atoms with Crippen LogP contribution in [0.5, 0.6) is 5.75 Å². The Bertz CT molecular complexity index is 1330. The highest BCUT2D eigenvalue weighted by Gasteiger charge is 2.33. The van der Waals surface area contributed by atoms with E-state index in [1.54, 1.807) is 87.5 Å². The van der Waals surface area contributed by atoms with Crippen LogP contribution in [-0.2, 0) is 26.2 Å². The summed E-state index contributed by atoms with van der Waals surface area (Å²) in [5.41, 5.74) is 0.967. The molecule has 8 nitrogen and oxygen atoms in total. The number of nitrogens with zero attached hydrogens (tertiary/aromatic N) is 2. The number of likely N-dealkylation sites (N-methyl/N-ethyl adjacent to an activating group) is 1. The third-order valence-corrected chi connectivity index (χ3v) is 7.85. The zero-order chi connectivity index (χ0) is 27.7. The van der Waals surface area contributed by atoms with Gasteiger partial charge in [0.2, 0.25) is 11.8 Å². The Labute approximate surface area is 229 Å². The van der Waals surface area contributed by atoms with Gasteiger partial charge in [-0.1, -0.05) is 54.1 Å². The maximum Gasteiger partial charge on any atom is 0.264 e. The number of anilines is 1. The first-order chi connectivity index (χ1) is 18.2. The molecule has 0 saturated carbocycles. The van der Waals surface area contributed by atoms with Crippen molar-refractivity contribution in [3.05, 3.63) is 89.4 Å². The van der Waals surface area contributed by atoms with Gasteiger partial charge in [0.1, 0.15) is 18.3 Å². The smallest absolute Gasteiger partial charge is 0.264 e. The molecule has 0 aromatic heterocycles. The number of carbonyl (C=O) groups excluding carboxylic acids is 2. The van der Waals surface area contributed by atoms with E-state index in [-0.39, 0.29) is 23.0 Å². The van der Waals surface area contributed by atoms with Gasteiger partial charge in [0, 0.05) is 18.1 Å². The number of sulfonamides is 1. The van der Waals surface area contributed by atoms with Crippen LogP contribution in [0.3, 0.4) is 0 Å². The van der Waals surface area contributed by atoms with Gasteiger partial charge >= 0.3 is 0 Å². The molecule has 0 heterocycles. The van der Waals surface area contributed by atoms with Gasteiger partial charge in [0.25, 0.3) is 10.0 Å². The summed E-state index contributed by atoms with van der Waals surface area (Å²) in [5, 5.41) is 3.27. The molecule has 0 fully saturated rings. The lowest BCUT2D eigenvalue weighted by Crippen LogP contribution is -2.51. The molecular weight excluding hydrogens is 526 g/mol. The van der Waals surface area contributed by atoms with Crippen molar-refractivity contribution in [1.29, 1.82) is 0 Å². The predicted octanol–water partition coefficient (Wildman–Crippen LogP) is 4.49. The van der Waals surface area contributed by atoms with Gasteiger partial charge in [-0.2, -0.15) is 0 Å². The SMILES string of the molecule is CCNC(=O)[C@@H](C)N(Cc1ccc(Cl)cc1)C(=O)CN(c1ccccc1OCC)S(=O)(=O)c1ccccc1. The normalized spacial score (nSPS) is 11.9. The standard InChI is InChI=1S/C28H32ClN3O5S/c1-4-30-28(34)21(3)31(19-22-15-17-23(29)18-16-22)27(33)20-32(25-13-9-10-14-26(25)37-5-2)38(35,36)24-11-7-6-8-12-24/h6-18,21H,4-5,19-20H2,1-3H3,(H,30,34)/t21-/m1/s1. The molecule has 3 rings (SSSR count). The zero-order valence-electron chi connectivity index (χ0n) is 21.6. The second-order valence-electron chi connectivity index (χ2n) is 8.44. The van der Waals surface area contributed by atoms with Crippen LogP contribution in [0.25, 0.3) is 0 Å². The van der Waals surface area contributed by atoms with E-state index in [0.29, 0.717) is 23.9 Å². The number of halogens is 1. The van der Waals surface area contributed by atoms with Crippen molar-refractivity contribution >= 4 is 39.1 Å². The molecule has 0 aliphatic carbocycles. The molecule has 3 aromatic carbocycles. The van der Waals surface area contributed by atoms with E-state index in [1.165, 1.54) is 17.0 Å². The first kappa shape index (κ1) is 29.0. The molecule has 202 valence electrons. The average Bonchev–Trinajstić information content (AvgIpc) is 2.92. The van der Waals surface area contributed by atoms with Crippen LogP contribution in [0.15, 0.2) is 83.8 Å². The molecule has 0 radical (unpaired) electrons. The van der Waals surface area contributed by atoms with E-state index >= 15 is 0 Å². The van der Waals surface area contributed by atoms with Gasteiger partial charge in [-0.15, -0.1) is 0 Å². The summed E-state index contributed by atoms with van der Waals surface area (Å²) in [4.78, 5) is 28.0. The highest BCUT2D eigenvalue weighted by atomic mass is 35.5. The number of benzene rings is 3. The lowest BCUT2D eigenvalue weighted by Gasteiger charge is -2.32. The summed E-state index contributed by atoms with van der Waals surface area (Å²) in [6, 6.07) is 20.6. The second-order valence-corrected chi connectivity index (χ2v) is 10.7. The van der Waals surface area contributed by atoms with Crippen molar-refractivity contribution in [3.63, 3.8) is 0 Å². The number of hydrogen-bond acceptors (Lipinski definition) is 5. The quantitative estimate of drug-likeness (QED) is 0.354. The molecule has 0 bridgehead atoms. The van der Waals surface area contributed by atoms with Gasteiger partial charge in [-0.3, -0.25) is 13.9 Å².